The molecule has 8 heteroatoms. The van der Waals surface area contributed by atoms with Gasteiger partial charge in [-0.2, -0.15) is 15.0 Å². The molecule has 0 radical (unpaired) electrons. The number of aryl methyl sites for hydroxylation is 2. The first-order chi connectivity index (χ1) is 11.3. The van der Waals surface area contributed by atoms with E-state index >= 15 is 0 Å². The topological polar surface area (TPSA) is 111 Å². The fourth-order valence-electron chi connectivity index (χ4n) is 2.37. The van der Waals surface area contributed by atoms with Crippen molar-refractivity contribution in [3.8, 4) is 0 Å². The predicted octanol–water partition coefficient (Wildman–Crippen LogP) is 1.99. The van der Waals surface area contributed by atoms with Gasteiger partial charge in [0.25, 0.3) is 0 Å². The van der Waals surface area contributed by atoms with Gasteiger partial charge in [0.15, 0.2) is 9.84 Å². The number of benzene rings is 1. The Bertz CT molecular complexity index is 770. The van der Waals surface area contributed by atoms with E-state index in [0.29, 0.717) is 16.7 Å². The van der Waals surface area contributed by atoms with Crippen LogP contribution in [0.5, 0.6) is 0 Å². The van der Waals surface area contributed by atoms with Crippen LogP contribution in [0.15, 0.2) is 29.2 Å². The first-order valence-electron chi connectivity index (χ1n) is 7.81. The van der Waals surface area contributed by atoms with Gasteiger partial charge in [-0.15, -0.1) is 0 Å². The summed E-state index contributed by atoms with van der Waals surface area (Å²) >= 11 is 0. The molecule has 0 amide bonds. The number of nitrogens with two attached hydrogens (primary N) is 1. The Kier molecular flexibility index (Phi) is 5.71. The van der Waals surface area contributed by atoms with Gasteiger partial charge < -0.3 is 11.1 Å². The lowest BCUT2D eigenvalue weighted by atomic mass is 10.0. The van der Waals surface area contributed by atoms with E-state index in [1.54, 1.807) is 19.1 Å². The normalized spacial score (nSPS) is 12.8. The Balaban J connectivity index is 1.98. The van der Waals surface area contributed by atoms with E-state index in [1.807, 2.05) is 12.1 Å². The minimum atomic E-state index is -3.15. The molecule has 24 heavy (non-hydrogen) atoms. The van der Waals surface area contributed by atoms with Crippen molar-refractivity contribution in [1.82, 2.24) is 15.0 Å². The summed E-state index contributed by atoms with van der Waals surface area (Å²) in [4.78, 5) is 12.6. The molecule has 2 rings (SSSR count). The van der Waals surface area contributed by atoms with E-state index in [4.69, 9.17) is 5.73 Å². The van der Waals surface area contributed by atoms with E-state index in [2.05, 4.69) is 27.2 Å². The van der Waals surface area contributed by atoms with Gasteiger partial charge in [0.1, 0.15) is 5.82 Å². The second-order valence-corrected chi connectivity index (χ2v) is 7.78. The maximum Gasteiger partial charge on any atom is 0.227 e. The van der Waals surface area contributed by atoms with Gasteiger partial charge in [-0.3, -0.25) is 0 Å². The summed E-state index contributed by atoms with van der Waals surface area (Å²) in [5, 5.41) is 3.28. The Labute approximate surface area is 142 Å². The van der Waals surface area contributed by atoms with Crippen molar-refractivity contribution in [1.29, 1.82) is 0 Å². The molecule has 0 aliphatic carbocycles. The molecule has 0 aliphatic rings. The summed E-state index contributed by atoms with van der Waals surface area (Å²) in [5.74, 6) is 1.27. The van der Waals surface area contributed by atoms with E-state index in [0.717, 1.165) is 24.8 Å². The number of nitrogens with zero attached hydrogens (tertiary/aromatic N) is 3. The zero-order valence-electron chi connectivity index (χ0n) is 14.2. The molecule has 0 saturated carbocycles. The highest BCUT2D eigenvalue weighted by molar-refractivity contribution is 7.90. The maximum atomic E-state index is 11.5. The molecule has 0 spiro atoms. The summed E-state index contributed by atoms with van der Waals surface area (Å²) in [6, 6.07) is 7.20. The molecule has 0 aliphatic heterocycles. The molecule has 130 valence electrons. The van der Waals surface area contributed by atoms with Crippen molar-refractivity contribution < 1.29 is 8.42 Å². The average Bonchev–Trinajstić information content (AvgIpc) is 2.50. The van der Waals surface area contributed by atoms with E-state index in [9.17, 15) is 8.42 Å². The summed E-state index contributed by atoms with van der Waals surface area (Å²) in [7, 11) is -3.15. The smallest absolute Gasteiger partial charge is 0.227 e. The summed E-state index contributed by atoms with van der Waals surface area (Å²) in [6.07, 6.45) is 3.82. The highest BCUT2D eigenvalue weighted by atomic mass is 32.2. The van der Waals surface area contributed by atoms with Crippen molar-refractivity contribution in [3.63, 3.8) is 0 Å². The van der Waals surface area contributed by atoms with Crippen LogP contribution in [-0.4, -0.2) is 35.7 Å². The third-order valence-electron chi connectivity index (χ3n) is 3.72. The lowest BCUT2D eigenvalue weighted by Crippen LogP contribution is -2.21. The molecule has 1 aromatic heterocycles. The van der Waals surface area contributed by atoms with Gasteiger partial charge in [0, 0.05) is 12.3 Å². The van der Waals surface area contributed by atoms with E-state index < -0.39 is 9.84 Å². The molecule has 0 fully saturated rings. The number of nitrogen functional groups attached to an aromatic ring is 1. The molecule has 2 aromatic rings. The first-order valence-corrected chi connectivity index (χ1v) is 9.70. The zero-order chi connectivity index (χ0) is 17.7. The number of anilines is 2. The predicted molar refractivity (Wildman–Crippen MR) is 94.6 cm³/mol. The fraction of sp³-hybridized carbons (Fsp3) is 0.438. The van der Waals surface area contributed by atoms with Gasteiger partial charge in [-0.25, -0.2) is 8.42 Å². The number of nitrogens with one attached hydrogen (secondary N) is 1. The highest BCUT2D eigenvalue weighted by Gasteiger charge is 2.11. The minimum Gasteiger partial charge on any atom is -0.368 e. The standard InChI is InChI=1S/C16H23N5O2S/c1-4-13(20-16-19-11(2)18-15(17)21-16)8-5-12-6-9-14(10-7-12)24(3,22)23/h6-7,9-10,13H,4-5,8H2,1-3H3,(H3,17,18,19,20,21). The molecular weight excluding hydrogens is 326 g/mol. The Hall–Kier alpha value is -2.22. The number of hydrogen-bond acceptors (Lipinski definition) is 7. The fourth-order valence-corrected chi connectivity index (χ4v) is 3.00. The van der Waals surface area contributed by atoms with Gasteiger partial charge in [0.05, 0.1) is 4.90 Å². The minimum absolute atomic E-state index is 0.195. The number of sulfone groups is 1. The lowest BCUT2D eigenvalue weighted by Gasteiger charge is -2.17. The summed E-state index contributed by atoms with van der Waals surface area (Å²) in [5.41, 5.74) is 6.73. The van der Waals surface area contributed by atoms with Crippen molar-refractivity contribution in [2.24, 2.45) is 0 Å². The van der Waals surface area contributed by atoms with Crippen LogP contribution in [0.1, 0.15) is 31.2 Å². The molecular formula is C16H23N5O2S. The van der Waals surface area contributed by atoms with Crippen LogP contribution in [0.4, 0.5) is 11.9 Å². The molecule has 1 heterocycles. The van der Waals surface area contributed by atoms with Crippen LogP contribution in [0.3, 0.4) is 0 Å². The van der Waals surface area contributed by atoms with E-state index in [1.165, 1.54) is 6.26 Å². The van der Waals surface area contributed by atoms with Crippen LogP contribution < -0.4 is 11.1 Å². The van der Waals surface area contributed by atoms with Crippen molar-refractivity contribution in [3.05, 3.63) is 35.7 Å². The van der Waals surface area contributed by atoms with Crippen molar-refractivity contribution in [2.45, 2.75) is 44.0 Å². The monoisotopic (exact) mass is 349 g/mol. The Morgan fingerprint density at radius 3 is 2.38 bits per heavy atom. The number of aromatic nitrogens is 3. The highest BCUT2D eigenvalue weighted by Crippen LogP contribution is 2.15. The largest absolute Gasteiger partial charge is 0.368 e. The average molecular weight is 349 g/mol. The van der Waals surface area contributed by atoms with Gasteiger partial charge in [-0.05, 0) is 43.9 Å². The van der Waals surface area contributed by atoms with Crippen LogP contribution in [-0.2, 0) is 16.3 Å². The number of hydrogen-bond donors (Lipinski definition) is 2. The van der Waals surface area contributed by atoms with Crippen molar-refractivity contribution in [2.75, 3.05) is 17.3 Å². The van der Waals surface area contributed by atoms with Gasteiger partial charge in [0.2, 0.25) is 11.9 Å². The molecule has 1 unspecified atom stereocenters. The third-order valence-corrected chi connectivity index (χ3v) is 4.85. The second kappa shape index (κ2) is 7.57. The van der Waals surface area contributed by atoms with Gasteiger partial charge >= 0.3 is 0 Å². The first kappa shape index (κ1) is 18.1. The molecule has 0 bridgehead atoms. The molecule has 3 N–H and O–H groups in total. The second-order valence-electron chi connectivity index (χ2n) is 5.77. The Morgan fingerprint density at radius 2 is 1.83 bits per heavy atom. The lowest BCUT2D eigenvalue weighted by molar-refractivity contribution is 0.601. The van der Waals surface area contributed by atoms with Crippen LogP contribution in [0, 0.1) is 6.92 Å². The SMILES string of the molecule is CCC(CCc1ccc(S(C)(=O)=O)cc1)Nc1nc(C)nc(N)n1. The summed E-state index contributed by atoms with van der Waals surface area (Å²) < 4.78 is 23.0. The van der Waals surface area contributed by atoms with Crippen molar-refractivity contribution >= 4 is 21.7 Å². The Morgan fingerprint density at radius 1 is 1.17 bits per heavy atom. The molecule has 7 nitrogen and oxygen atoms in total. The van der Waals surface area contributed by atoms with Crippen LogP contribution >= 0.6 is 0 Å². The quantitative estimate of drug-likeness (QED) is 0.786. The zero-order valence-corrected chi connectivity index (χ0v) is 15.0. The maximum absolute atomic E-state index is 11.5. The van der Waals surface area contributed by atoms with E-state index in [-0.39, 0.29) is 12.0 Å². The summed E-state index contributed by atoms with van der Waals surface area (Å²) in [6.45, 7) is 3.86. The molecule has 1 aromatic carbocycles. The van der Waals surface area contributed by atoms with Gasteiger partial charge in [-0.1, -0.05) is 19.1 Å². The van der Waals surface area contributed by atoms with Crippen LogP contribution in [0.2, 0.25) is 0 Å². The number of rotatable bonds is 7. The third kappa shape index (κ3) is 5.16. The molecule has 1 atom stereocenters. The van der Waals surface area contributed by atoms with Crippen LogP contribution in [0.25, 0.3) is 0 Å². The molecule has 0 saturated heterocycles.